The molecule has 6 nitrogen and oxygen atoms in total. The van der Waals surface area contributed by atoms with Gasteiger partial charge in [0.1, 0.15) is 12.4 Å². The first-order chi connectivity index (χ1) is 8.28. The first-order valence-electron chi connectivity index (χ1n) is 5.06. The third kappa shape index (κ3) is 3.18. The van der Waals surface area contributed by atoms with E-state index in [1.54, 1.807) is 31.4 Å². The number of rotatable bonds is 5. The molecule has 0 aliphatic carbocycles. The number of methoxy groups -OCH3 is 1. The number of hydrogen-bond donors (Lipinski definition) is 1. The lowest BCUT2D eigenvalue weighted by Crippen LogP contribution is -1.97. The average Bonchev–Trinajstić information content (AvgIpc) is 2.77. The van der Waals surface area contributed by atoms with Crippen LogP contribution < -0.4 is 10.5 Å². The molecule has 1 heterocycles. The minimum Gasteiger partial charge on any atom is -0.484 e. The highest BCUT2D eigenvalue weighted by atomic mass is 16.5. The van der Waals surface area contributed by atoms with E-state index < -0.39 is 0 Å². The van der Waals surface area contributed by atoms with Crippen molar-refractivity contribution in [3.05, 3.63) is 36.0 Å². The average molecular weight is 235 g/mol. The molecule has 0 spiro atoms. The van der Waals surface area contributed by atoms with E-state index in [1.807, 2.05) is 0 Å². The fourth-order valence-corrected chi connectivity index (χ4v) is 1.25. The summed E-state index contributed by atoms with van der Waals surface area (Å²) in [5.74, 6) is 1.61. The Morgan fingerprint density at radius 2 is 2.00 bits per heavy atom. The Hall–Kier alpha value is -2.08. The molecule has 0 fully saturated rings. The van der Waals surface area contributed by atoms with Crippen LogP contribution in [0.4, 0.5) is 5.69 Å². The lowest BCUT2D eigenvalue weighted by molar-refractivity contribution is 0.174. The maximum absolute atomic E-state index is 5.56. The van der Waals surface area contributed by atoms with Crippen LogP contribution in [0.25, 0.3) is 0 Å². The Morgan fingerprint density at radius 3 is 2.71 bits per heavy atom. The molecule has 6 heteroatoms. The van der Waals surface area contributed by atoms with Gasteiger partial charge in [0.05, 0.1) is 0 Å². The van der Waals surface area contributed by atoms with Crippen molar-refractivity contribution in [3.8, 4) is 5.75 Å². The number of hydrogen-bond acceptors (Lipinski definition) is 6. The lowest BCUT2D eigenvalue weighted by atomic mass is 10.3. The standard InChI is InChI=1S/C11H13N3O3/c1-15-6-10-13-11(17-14-10)7-16-9-4-2-8(12)3-5-9/h2-5H,6-7,12H2,1H3. The van der Waals surface area contributed by atoms with Gasteiger partial charge in [-0.05, 0) is 24.3 Å². The van der Waals surface area contributed by atoms with Crippen LogP contribution in [0.1, 0.15) is 11.7 Å². The second-order valence-electron chi connectivity index (χ2n) is 3.40. The molecule has 0 saturated carbocycles. The molecule has 2 rings (SSSR count). The topological polar surface area (TPSA) is 83.4 Å². The lowest BCUT2D eigenvalue weighted by Gasteiger charge is -2.02. The number of nitrogens with two attached hydrogens (primary N) is 1. The van der Waals surface area contributed by atoms with Crippen LogP contribution in [0.3, 0.4) is 0 Å². The van der Waals surface area contributed by atoms with Crippen molar-refractivity contribution in [1.29, 1.82) is 0 Å². The van der Waals surface area contributed by atoms with Gasteiger partial charge in [-0.25, -0.2) is 0 Å². The molecule has 17 heavy (non-hydrogen) atoms. The summed E-state index contributed by atoms with van der Waals surface area (Å²) >= 11 is 0. The Bertz CT molecular complexity index is 467. The quantitative estimate of drug-likeness (QED) is 0.788. The fourth-order valence-electron chi connectivity index (χ4n) is 1.25. The Kier molecular flexibility index (Phi) is 3.56. The number of aromatic nitrogens is 2. The summed E-state index contributed by atoms with van der Waals surface area (Å²) in [6.07, 6.45) is 0. The summed E-state index contributed by atoms with van der Waals surface area (Å²) in [6, 6.07) is 7.09. The van der Waals surface area contributed by atoms with Crippen LogP contribution in [0.15, 0.2) is 28.8 Å². The second kappa shape index (κ2) is 5.31. The Balaban J connectivity index is 1.90. The molecule has 90 valence electrons. The van der Waals surface area contributed by atoms with E-state index in [-0.39, 0.29) is 6.61 Å². The summed E-state index contributed by atoms with van der Waals surface area (Å²) in [5, 5.41) is 3.72. The summed E-state index contributed by atoms with van der Waals surface area (Å²) in [7, 11) is 1.57. The van der Waals surface area contributed by atoms with Gasteiger partial charge in [-0.2, -0.15) is 4.98 Å². The number of nitrogens with zero attached hydrogens (tertiary/aromatic N) is 2. The molecular formula is C11H13N3O3. The van der Waals surface area contributed by atoms with E-state index >= 15 is 0 Å². The van der Waals surface area contributed by atoms with E-state index in [9.17, 15) is 0 Å². The molecule has 0 unspecified atom stereocenters. The Morgan fingerprint density at radius 1 is 1.24 bits per heavy atom. The number of nitrogen functional groups attached to an aromatic ring is 1. The van der Waals surface area contributed by atoms with Crippen molar-refractivity contribution in [1.82, 2.24) is 10.1 Å². The zero-order valence-corrected chi connectivity index (χ0v) is 9.42. The maximum Gasteiger partial charge on any atom is 0.264 e. The number of anilines is 1. The normalized spacial score (nSPS) is 10.4. The predicted molar refractivity (Wildman–Crippen MR) is 60.2 cm³/mol. The van der Waals surface area contributed by atoms with Crippen molar-refractivity contribution in [2.75, 3.05) is 12.8 Å². The Labute approximate surface area is 98.3 Å². The SMILES string of the molecule is COCc1noc(COc2ccc(N)cc2)n1. The van der Waals surface area contributed by atoms with Crippen molar-refractivity contribution in [2.45, 2.75) is 13.2 Å². The molecule has 1 aromatic heterocycles. The molecule has 1 aromatic carbocycles. The molecular weight excluding hydrogens is 222 g/mol. The monoisotopic (exact) mass is 235 g/mol. The minimum atomic E-state index is 0.223. The van der Waals surface area contributed by atoms with Crippen LogP contribution in [-0.4, -0.2) is 17.3 Å². The number of benzene rings is 1. The summed E-state index contributed by atoms with van der Waals surface area (Å²) in [4.78, 5) is 4.08. The maximum atomic E-state index is 5.56. The van der Waals surface area contributed by atoms with Gasteiger partial charge in [0.15, 0.2) is 12.4 Å². The summed E-state index contributed by atoms with van der Waals surface area (Å²) < 4.78 is 15.3. The fraction of sp³-hybridized carbons (Fsp3) is 0.273. The predicted octanol–water partition coefficient (Wildman–Crippen LogP) is 1.38. The highest BCUT2D eigenvalue weighted by Crippen LogP contribution is 2.14. The number of ether oxygens (including phenoxy) is 2. The van der Waals surface area contributed by atoms with Gasteiger partial charge in [-0.3, -0.25) is 0 Å². The second-order valence-corrected chi connectivity index (χ2v) is 3.40. The van der Waals surface area contributed by atoms with Gasteiger partial charge in [-0.1, -0.05) is 5.16 Å². The molecule has 0 amide bonds. The molecule has 0 aliphatic rings. The molecule has 2 N–H and O–H groups in total. The van der Waals surface area contributed by atoms with Crippen molar-refractivity contribution in [3.63, 3.8) is 0 Å². The molecule has 0 atom stereocenters. The highest BCUT2D eigenvalue weighted by Gasteiger charge is 2.06. The summed E-state index contributed by atoms with van der Waals surface area (Å²) in [6.45, 7) is 0.548. The first-order valence-corrected chi connectivity index (χ1v) is 5.06. The van der Waals surface area contributed by atoms with Crippen LogP contribution >= 0.6 is 0 Å². The van der Waals surface area contributed by atoms with E-state index in [2.05, 4.69) is 10.1 Å². The smallest absolute Gasteiger partial charge is 0.264 e. The third-order valence-corrected chi connectivity index (χ3v) is 2.03. The first kappa shape index (κ1) is 11.4. The van der Waals surface area contributed by atoms with Gasteiger partial charge >= 0.3 is 0 Å². The molecule has 0 bridgehead atoms. The van der Waals surface area contributed by atoms with Crippen molar-refractivity contribution >= 4 is 5.69 Å². The van der Waals surface area contributed by atoms with Gasteiger partial charge < -0.3 is 19.7 Å². The minimum absolute atomic E-state index is 0.223. The van der Waals surface area contributed by atoms with Crippen LogP contribution in [0.5, 0.6) is 5.75 Å². The van der Waals surface area contributed by atoms with E-state index in [4.69, 9.17) is 19.7 Å². The zero-order chi connectivity index (χ0) is 12.1. The van der Waals surface area contributed by atoms with Gasteiger partial charge in [-0.15, -0.1) is 0 Å². The molecule has 0 radical (unpaired) electrons. The van der Waals surface area contributed by atoms with E-state index in [1.165, 1.54) is 0 Å². The van der Waals surface area contributed by atoms with Crippen LogP contribution in [0.2, 0.25) is 0 Å². The van der Waals surface area contributed by atoms with E-state index in [0.29, 0.717) is 29.8 Å². The van der Waals surface area contributed by atoms with Crippen LogP contribution in [-0.2, 0) is 18.0 Å². The molecule has 2 aromatic rings. The molecule has 0 saturated heterocycles. The van der Waals surface area contributed by atoms with Crippen LogP contribution in [0, 0.1) is 0 Å². The van der Waals surface area contributed by atoms with Gasteiger partial charge in [0.2, 0.25) is 0 Å². The molecule has 0 aliphatic heterocycles. The summed E-state index contributed by atoms with van der Waals surface area (Å²) in [5.41, 5.74) is 6.25. The van der Waals surface area contributed by atoms with E-state index in [0.717, 1.165) is 0 Å². The van der Waals surface area contributed by atoms with Crippen molar-refractivity contribution in [2.24, 2.45) is 0 Å². The van der Waals surface area contributed by atoms with Gasteiger partial charge in [0.25, 0.3) is 5.89 Å². The largest absolute Gasteiger partial charge is 0.484 e. The van der Waals surface area contributed by atoms with Gasteiger partial charge in [0, 0.05) is 12.8 Å². The highest BCUT2D eigenvalue weighted by molar-refractivity contribution is 5.41. The van der Waals surface area contributed by atoms with Crippen molar-refractivity contribution < 1.29 is 14.0 Å². The zero-order valence-electron chi connectivity index (χ0n) is 9.42. The third-order valence-electron chi connectivity index (χ3n) is 2.03.